The van der Waals surface area contributed by atoms with Crippen LogP contribution in [-0.2, 0) is 20.9 Å². The monoisotopic (exact) mass is 479 g/mol. The van der Waals surface area contributed by atoms with Crippen molar-refractivity contribution in [1.29, 1.82) is 0 Å². The van der Waals surface area contributed by atoms with Crippen molar-refractivity contribution >= 4 is 35.5 Å². The molecule has 1 fully saturated rings. The molecule has 33 heavy (non-hydrogen) atoms. The summed E-state index contributed by atoms with van der Waals surface area (Å²) in [6.45, 7) is 6.34. The summed E-state index contributed by atoms with van der Waals surface area (Å²) >= 11 is 1.45. The van der Waals surface area contributed by atoms with Crippen LogP contribution in [0.3, 0.4) is 0 Å². The second-order valence-electron chi connectivity index (χ2n) is 8.20. The SMILES string of the molecule is CCOC(=O)N[C@H](C(=O)N1CCC[C@H]1C(=O)NCc1ccc(C(N)=NO)cc1)C(C)(C)SC. The molecule has 3 amide bonds. The quantitative estimate of drug-likeness (QED) is 0.182. The van der Waals surface area contributed by atoms with Gasteiger partial charge in [-0.3, -0.25) is 9.59 Å². The molecule has 11 heteroatoms. The van der Waals surface area contributed by atoms with Crippen molar-refractivity contribution in [2.45, 2.75) is 57.0 Å². The van der Waals surface area contributed by atoms with Gasteiger partial charge >= 0.3 is 6.09 Å². The highest BCUT2D eigenvalue weighted by atomic mass is 32.2. The lowest BCUT2D eigenvalue weighted by Gasteiger charge is -2.36. The Morgan fingerprint density at radius 3 is 2.58 bits per heavy atom. The Morgan fingerprint density at radius 2 is 2.00 bits per heavy atom. The first-order valence-electron chi connectivity index (χ1n) is 10.8. The van der Waals surface area contributed by atoms with Crippen molar-refractivity contribution in [2.24, 2.45) is 10.9 Å². The molecule has 5 N–H and O–H groups in total. The summed E-state index contributed by atoms with van der Waals surface area (Å²) in [4.78, 5) is 40.0. The second kappa shape index (κ2) is 11.8. The topological polar surface area (TPSA) is 146 Å². The Hall–Kier alpha value is -2.95. The number of likely N-dealkylation sites (tertiary alicyclic amines) is 1. The van der Waals surface area contributed by atoms with Crippen molar-refractivity contribution in [1.82, 2.24) is 15.5 Å². The number of rotatable bonds is 9. The van der Waals surface area contributed by atoms with Gasteiger partial charge in [-0.05, 0) is 45.4 Å². The molecular weight excluding hydrogens is 446 g/mol. The van der Waals surface area contributed by atoms with E-state index < -0.39 is 22.9 Å². The van der Waals surface area contributed by atoms with E-state index in [-0.39, 0.29) is 30.8 Å². The number of amidine groups is 1. The molecule has 1 aliphatic heterocycles. The Kier molecular flexibility index (Phi) is 9.39. The van der Waals surface area contributed by atoms with E-state index in [1.165, 1.54) is 11.8 Å². The molecule has 1 saturated heterocycles. The van der Waals surface area contributed by atoms with Crippen molar-refractivity contribution in [3.8, 4) is 0 Å². The van der Waals surface area contributed by atoms with Crippen LogP contribution in [0.15, 0.2) is 29.4 Å². The van der Waals surface area contributed by atoms with Crippen LogP contribution in [0.4, 0.5) is 4.79 Å². The van der Waals surface area contributed by atoms with Crippen molar-refractivity contribution in [3.05, 3.63) is 35.4 Å². The maximum atomic E-state index is 13.4. The Morgan fingerprint density at radius 1 is 1.33 bits per heavy atom. The van der Waals surface area contributed by atoms with E-state index in [0.29, 0.717) is 24.9 Å². The molecule has 0 aliphatic carbocycles. The predicted molar refractivity (Wildman–Crippen MR) is 127 cm³/mol. The number of amides is 3. The summed E-state index contributed by atoms with van der Waals surface area (Å²) in [5.41, 5.74) is 6.96. The van der Waals surface area contributed by atoms with Crippen LogP contribution in [-0.4, -0.2) is 70.1 Å². The minimum atomic E-state index is -0.842. The van der Waals surface area contributed by atoms with Crippen LogP contribution in [0.1, 0.15) is 44.7 Å². The maximum Gasteiger partial charge on any atom is 0.407 e. The number of carbonyl (C=O) groups is 3. The molecule has 2 rings (SSSR count). The third-order valence-electron chi connectivity index (χ3n) is 5.67. The molecule has 1 heterocycles. The summed E-state index contributed by atoms with van der Waals surface area (Å²) in [6.07, 6.45) is 2.45. The fourth-order valence-corrected chi connectivity index (χ4v) is 3.96. The molecule has 2 atom stereocenters. The van der Waals surface area contributed by atoms with Gasteiger partial charge in [0.05, 0.1) is 6.61 Å². The van der Waals surface area contributed by atoms with Crippen LogP contribution in [0.5, 0.6) is 0 Å². The van der Waals surface area contributed by atoms with Gasteiger partial charge in [-0.1, -0.05) is 29.4 Å². The molecule has 10 nitrogen and oxygen atoms in total. The number of nitrogens with two attached hydrogens (primary N) is 1. The number of nitrogens with one attached hydrogen (secondary N) is 2. The average Bonchev–Trinajstić information content (AvgIpc) is 3.30. The van der Waals surface area contributed by atoms with Crippen LogP contribution in [0, 0.1) is 0 Å². The third-order valence-corrected chi connectivity index (χ3v) is 6.96. The molecule has 0 radical (unpaired) electrons. The molecular formula is C22H33N5O5S. The smallest absolute Gasteiger partial charge is 0.407 e. The molecule has 0 saturated carbocycles. The average molecular weight is 480 g/mol. The van der Waals surface area contributed by atoms with E-state index in [2.05, 4.69) is 15.8 Å². The number of ether oxygens (including phenoxy) is 1. The molecule has 0 aromatic heterocycles. The number of hydrogen-bond acceptors (Lipinski definition) is 7. The zero-order valence-corrected chi connectivity index (χ0v) is 20.3. The Balaban J connectivity index is 2.08. The summed E-state index contributed by atoms with van der Waals surface area (Å²) in [5.74, 6) is -0.550. The van der Waals surface area contributed by atoms with Crippen molar-refractivity contribution in [3.63, 3.8) is 0 Å². The van der Waals surface area contributed by atoms with E-state index in [1.54, 1.807) is 36.1 Å². The van der Waals surface area contributed by atoms with Gasteiger partial charge in [0.15, 0.2) is 5.84 Å². The van der Waals surface area contributed by atoms with Gasteiger partial charge in [-0.15, -0.1) is 0 Å². The van der Waals surface area contributed by atoms with Gasteiger partial charge in [0.25, 0.3) is 0 Å². The number of hydrogen-bond donors (Lipinski definition) is 4. The number of oxime groups is 1. The number of thioether (sulfide) groups is 1. The highest BCUT2D eigenvalue weighted by Crippen LogP contribution is 2.29. The van der Waals surface area contributed by atoms with E-state index in [9.17, 15) is 14.4 Å². The minimum absolute atomic E-state index is 0.00449. The summed E-state index contributed by atoms with van der Waals surface area (Å²) < 4.78 is 4.38. The first-order valence-corrected chi connectivity index (χ1v) is 12.0. The molecule has 0 bridgehead atoms. The number of carbonyl (C=O) groups excluding carboxylic acids is 3. The van der Waals surface area contributed by atoms with Crippen LogP contribution in [0.2, 0.25) is 0 Å². The second-order valence-corrected chi connectivity index (χ2v) is 9.66. The van der Waals surface area contributed by atoms with Crippen LogP contribution >= 0.6 is 11.8 Å². The van der Waals surface area contributed by atoms with Gasteiger partial charge in [0, 0.05) is 23.4 Å². The van der Waals surface area contributed by atoms with Crippen molar-refractivity contribution < 1.29 is 24.3 Å². The molecule has 1 aromatic carbocycles. The summed E-state index contributed by atoms with van der Waals surface area (Å²) in [5, 5.41) is 17.3. The van der Waals surface area contributed by atoms with E-state index in [4.69, 9.17) is 15.7 Å². The number of benzene rings is 1. The first kappa shape index (κ1) is 26.3. The van der Waals surface area contributed by atoms with E-state index >= 15 is 0 Å². The fourth-order valence-electron chi connectivity index (χ4n) is 3.57. The lowest BCUT2D eigenvalue weighted by atomic mass is 10.0. The Bertz CT molecular complexity index is 874. The molecule has 0 spiro atoms. The third kappa shape index (κ3) is 6.77. The zero-order valence-electron chi connectivity index (χ0n) is 19.5. The Labute approximate surface area is 198 Å². The van der Waals surface area contributed by atoms with Crippen LogP contribution in [0.25, 0.3) is 0 Å². The van der Waals surface area contributed by atoms with Crippen molar-refractivity contribution in [2.75, 3.05) is 19.4 Å². The lowest BCUT2D eigenvalue weighted by molar-refractivity contribution is -0.140. The highest BCUT2D eigenvalue weighted by Gasteiger charge is 2.43. The zero-order chi connectivity index (χ0) is 24.6. The van der Waals surface area contributed by atoms with Gasteiger partial charge in [0.2, 0.25) is 11.8 Å². The maximum absolute atomic E-state index is 13.4. The first-order chi connectivity index (χ1) is 15.6. The van der Waals surface area contributed by atoms with Gasteiger partial charge in [-0.25, -0.2) is 4.79 Å². The normalized spacial score (nSPS) is 17.4. The minimum Gasteiger partial charge on any atom is -0.450 e. The van der Waals surface area contributed by atoms with E-state index in [0.717, 1.165) is 5.56 Å². The molecule has 182 valence electrons. The molecule has 1 aromatic rings. The standard InChI is InChI=1S/C22H33N5O5S/c1-5-32-21(30)25-17(22(2,3)33-4)20(29)27-12-6-7-16(27)19(28)24-13-14-8-10-15(11-9-14)18(23)26-31/h8-11,16-17,31H,5-7,12-13H2,1-4H3,(H2,23,26)(H,24,28)(H,25,30)/t16-,17+/m0/s1. The summed E-state index contributed by atoms with van der Waals surface area (Å²) in [7, 11) is 0. The van der Waals surface area contributed by atoms with E-state index in [1.807, 2.05) is 20.1 Å². The van der Waals surface area contributed by atoms with Gasteiger partial charge < -0.3 is 31.2 Å². The van der Waals surface area contributed by atoms with Crippen LogP contribution < -0.4 is 16.4 Å². The number of alkyl carbamates (subject to hydrolysis) is 1. The largest absolute Gasteiger partial charge is 0.450 e. The highest BCUT2D eigenvalue weighted by molar-refractivity contribution is 8.00. The fraction of sp³-hybridized carbons (Fsp3) is 0.545. The predicted octanol–water partition coefficient (Wildman–Crippen LogP) is 1.64. The molecule has 0 unspecified atom stereocenters. The molecule has 1 aliphatic rings. The van der Waals surface area contributed by atoms with Gasteiger partial charge in [-0.2, -0.15) is 11.8 Å². The number of nitrogens with zero attached hydrogens (tertiary/aromatic N) is 2. The summed E-state index contributed by atoms with van der Waals surface area (Å²) in [6, 6.07) is 5.47. The van der Waals surface area contributed by atoms with Gasteiger partial charge in [0.1, 0.15) is 12.1 Å². The lowest BCUT2D eigenvalue weighted by Crippen LogP contribution is -2.59.